The first kappa shape index (κ1) is 17.2. The van der Waals surface area contributed by atoms with Crippen LogP contribution in [0.5, 0.6) is 0 Å². The van der Waals surface area contributed by atoms with Gasteiger partial charge < -0.3 is 10.2 Å². The van der Waals surface area contributed by atoms with Crippen molar-refractivity contribution >= 4 is 39.8 Å². The highest BCUT2D eigenvalue weighted by molar-refractivity contribution is 8.02. The minimum Gasteiger partial charge on any atom is -0.342 e. The van der Waals surface area contributed by atoms with E-state index in [0.29, 0.717) is 0 Å². The van der Waals surface area contributed by atoms with Crippen molar-refractivity contribution in [2.24, 2.45) is 0 Å². The van der Waals surface area contributed by atoms with Gasteiger partial charge in [-0.15, -0.1) is 10.2 Å². The van der Waals surface area contributed by atoms with Crippen LogP contribution in [0.2, 0.25) is 0 Å². The third-order valence-electron chi connectivity index (χ3n) is 4.30. The zero-order valence-corrected chi connectivity index (χ0v) is 15.8. The van der Waals surface area contributed by atoms with Crippen molar-refractivity contribution in [3.05, 3.63) is 29.3 Å². The zero-order chi connectivity index (χ0) is 17.1. The van der Waals surface area contributed by atoms with Crippen LogP contribution in [0.15, 0.2) is 22.5 Å². The van der Waals surface area contributed by atoms with Gasteiger partial charge in [0.2, 0.25) is 11.0 Å². The van der Waals surface area contributed by atoms with E-state index in [0.717, 1.165) is 41.1 Å². The predicted octanol–water partition coefficient (Wildman–Crippen LogP) is 4.00. The number of aromatic nitrogens is 2. The fourth-order valence-electron chi connectivity index (χ4n) is 2.71. The number of aryl methyl sites for hydroxylation is 1. The lowest BCUT2D eigenvalue weighted by Gasteiger charge is -2.18. The third kappa shape index (κ3) is 3.89. The molecule has 7 heteroatoms. The highest BCUT2D eigenvalue weighted by atomic mass is 32.2. The van der Waals surface area contributed by atoms with Gasteiger partial charge in [-0.25, -0.2) is 0 Å². The number of carbonyl (C=O) groups excluding carboxylic acids is 1. The van der Waals surface area contributed by atoms with Gasteiger partial charge in [0, 0.05) is 18.8 Å². The summed E-state index contributed by atoms with van der Waals surface area (Å²) in [5.74, 6) is 0.205. The molecule has 0 bridgehead atoms. The molecule has 1 atom stereocenters. The van der Waals surface area contributed by atoms with Crippen LogP contribution in [0, 0.1) is 13.8 Å². The van der Waals surface area contributed by atoms with E-state index in [1.165, 1.54) is 34.2 Å². The Morgan fingerprint density at radius 2 is 2.04 bits per heavy atom. The first-order valence-corrected chi connectivity index (χ1v) is 9.86. The second kappa shape index (κ2) is 7.53. The van der Waals surface area contributed by atoms with E-state index in [1.54, 1.807) is 0 Å². The lowest BCUT2D eigenvalue weighted by molar-refractivity contribution is -0.129. The molecule has 0 saturated carbocycles. The Morgan fingerprint density at radius 3 is 2.79 bits per heavy atom. The zero-order valence-electron chi connectivity index (χ0n) is 14.2. The molecule has 1 aliphatic rings. The van der Waals surface area contributed by atoms with E-state index < -0.39 is 0 Å². The highest BCUT2D eigenvalue weighted by Gasteiger charge is 2.25. The normalized spacial score (nSPS) is 15.5. The Kier molecular flexibility index (Phi) is 5.40. The fourth-order valence-corrected chi connectivity index (χ4v) is 4.70. The van der Waals surface area contributed by atoms with Gasteiger partial charge in [-0.1, -0.05) is 35.2 Å². The Balaban J connectivity index is 1.63. The summed E-state index contributed by atoms with van der Waals surface area (Å²) < 4.78 is 0.822. The number of anilines is 2. The van der Waals surface area contributed by atoms with E-state index in [4.69, 9.17) is 0 Å². The summed E-state index contributed by atoms with van der Waals surface area (Å²) in [6.07, 6.45) is 2.23. The van der Waals surface area contributed by atoms with Crippen molar-refractivity contribution in [1.29, 1.82) is 0 Å². The molecule has 0 radical (unpaired) electrons. The number of nitrogens with zero attached hydrogens (tertiary/aromatic N) is 3. The number of carbonyl (C=O) groups is 1. The molecular weight excluding hydrogens is 340 g/mol. The van der Waals surface area contributed by atoms with Gasteiger partial charge in [-0.05, 0) is 50.8 Å². The summed E-state index contributed by atoms with van der Waals surface area (Å²) in [5.41, 5.74) is 3.49. The second-order valence-electron chi connectivity index (χ2n) is 6.04. The number of amides is 1. The van der Waals surface area contributed by atoms with Gasteiger partial charge in [-0.2, -0.15) is 0 Å². The van der Waals surface area contributed by atoms with Crippen LogP contribution in [0.1, 0.15) is 30.9 Å². The van der Waals surface area contributed by atoms with Crippen molar-refractivity contribution in [1.82, 2.24) is 15.1 Å². The van der Waals surface area contributed by atoms with E-state index in [-0.39, 0.29) is 11.2 Å². The average molecular weight is 363 g/mol. The lowest BCUT2D eigenvalue weighted by atomic mass is 10.1. The number of rotatable bonds is 5. The van der Waals surface area contributed by atoms with Gasteiger partial charge in [0.05, 0.1) is 5.25 Å². The molecule has 1 aromatic carbocycles. The van der Waals surface area contributed by atoms with Gasteiger partial charge in [-0.3, -0.25) is 4.79 Å². The number of hydrogen-bond donors (Lipinski definition) is 1. The Morgan fingerprint density at radius 1 is 1.29 bits per heavy atom. The molecule has 1 unspecified atom stereocenters. The summed E-state index contributed by atoms with van der Waals surface area (Å²) in [5, 5.41) is 12.4. The van der Waals surface area contributed by atoms with Crippen LogP contribution in [-0.4, -0.2) is 39.3 Å². The summed E-state index contributed by atoms with van der Waals surface area (Å²) in [4.78, 5) is 14.3. The Hall–Kier alpha value is -1.60. The molecule has 3 rings (SSSR count). The molecule has 2 heterocycles. The van der Waals surface area contributed by atoms with Crippen molar-refractivity contribution < 1.29 is 4.79 Å². The maximum absolute atomic E-state index is 12.4. The van der Waals surface area contributed by atoms with Crippen molar-refractivity contribution in [2.75, 3.05) is 18.4 Å². The van der Waals surface area contributed by atoms with E-state index in [2.05, 4.69) is 35.4 Å². The largest absolute Gasteiger partial charge is 0.342 e. The molecule has 128 valence electrons. The van der Waals surface area contributed by atoms with Crippen molar-refractivity contribution in [2.45, 2.75) is 43.2 Å². The highest BCUT2D eigenvalue weighted by Crippen LogP contribution is 2.32. The number of thioether (sulfide) groups is 1. The molecule has 5 nitrogen and oxygen atoms in total. The van der Waals surface area contributed by atoms with Gasteiger partial charge >= 0.3 is 0 Å². The molecule has 24 heavy (non-hydrogen) atoms. The van der Waals surface area contributed by atoms with Crippen molar-refractivity contribution in [3.8, 4) is 0 Å². The third-order valence-corrected chi connectivity index (χ3v) is 6.31. The smallest absolute Gasteiger partial charge is 0.235 e. The summed E-state index contributed by atoms with van der Waals surface area (Å²) >= 11 is 2.98. The molecule has 0 spiro atoms. The molecule has 2 aromatic rings. The lowest BCUT2D eigenvalue weighted by Crippen LogP contribution is -2.33. The molecule has 0 aliphatic carbocycles. The first-order chi connectivity index (χ1) is 11.5. The van der Waals surface area contributed by atoms with Gasteiger partial charge in [0.25, 0.3) is 0 Å². The molecular formula is C17H22N4OS2. The maximum Gasteiger partial charge on any atom is 0.235 e. The van der Waals surface area contributed by atoms with E-state index in [1.807, 2.05) is 24.0 Å². The Labute approximate surface area is 150 Å². The van der Waals surface area contributed by atoms with Crippen molar-refractivity contribution in [3.63, 3.8) is 0 Å². The van der Waals surface area contributed by atoms with Crippen LogP contribution >= 0.6 is 23.1 Å². The topological polar surface area (TPSA) is 58.1 Å². The molecule has 1 fully saturated rings. The van der Waals surface area contributed by atoms with Crippen LogP contribution < -0.4 is 5.32 Å². The van der Waals surface area contributed by atoms with Crippen LogP contribution in [0.4, 0.5) is 10.8 Å². The Bertz CT molecular complexity index is 725. The summed E-state index contributed by atoms with van der Waals surface area (Å²) in [6.45, 7) is 7.90. The number of benzene rings is 1. The molecule has 1 saturated heterocycles. The first-order valence-electron chi connectivity index (χ1n) is 8.17. The number of nitrogens with one attached hydrogen (secondary N) is 1. The van der Waals surface area contributed by atoms with Crippen LogP contribution in [0.25, 0.3) is 0 Å². The minimum absolute atomic E-state index is 0.121. The summed E-state index contributed by atoms with van der Waals surface area (Å²) in [6, 6.07) is 6.15. The number of likely N-dealkylation sites (tertiary alicyclic amines) is 1. The number of hydrogen-bond acceptors (Lipinski definition) is 6. The van der Waals surface area contributed by atoms with E-state index in [9.17, 15) is 4.79 Å². The quantitative estimate of drug-likeness (QED) is 0.815. The maximum atomic E-state index is 12.4. The SMILES string of the molecule is Cc1cccc(Nc2nnc(SC(C)C(=O)N3CCCC3)s2)c1C. The van der Waals surface area contributed by atoms with E-state index >= 15 is 0 Å². The predicted molar refractivity (Wildman–Crippen MR) is 100 cm³/mol. The fraction of sp³-hybridized carbons (Fsp3) is 0.471. The minimum atomic E-state index is -0.121. The van der Waals surface area contributed by atoms with Crippen LogP contribution in [0.3, 0.4) is 0 Å². The molecule has 1 N–H and O–H groups in total. The summed E-state index contributed by atoms with van der Waals surface area (Å²) in [7, 11) is 0. The monoisotopic (exact) mass is 362 g/mol. The van der Waals surface area contributed by atoms with Gasteiger partial charge in [0.15, 0.2) is 4.34 Å². The molecule has 1 amide bonds. The second-order valence-corrected chi connectivity index (χ2v) is 8.60. The molecule has 1 aromatic heterocycles. The van der Waals surface area contributed by atoms with Crippen LogP contribution in [-0.2, 0) is 4.79 Å². The van der Waals surface area contributed by atoms with Gasteiger partial charge in [0.1, 0.15) is 0 Å². The average Bonchev–Trinajstić information content (AvgIpc) is 3.23. The standard InChI is InChI=1S/C17H22N4OS2/c1-11-7-6-8-14(12(11)2)18-16-19-20-17(24-16)23-13(3)15(22)21-9-4-5-10-21/h6-8,13H,4-5,9-10H2,1-3H3,(H,18,19). The molecule has 1 aliphatic heterocycles.